The van der Waals surface area contributed by atoms with Gasteiger partial charge in [0.05, 0.1) is 6.04 Å². The maximum Gasteiger partial charge on any atom is 0.134 e. The Kier molecular flexibility index (Phi) is 2.61. The van der Waals surface area contributed by atoms with E-state index in [0.717, 1.165) is 16.5 Å². The van der Waals surface area contributed by atoms with Crippen LogP contribution in [0.15, 0.2) is 59.0 Å². The Morgan fingerprint density at radius 2 is 1.72 bits per heavy atom. The van der Waals surface area contributed by atoms with Crippen molar-refractivity contribution in [3.05, 3.63) is 71.7 Å². The monoisotopic (exact) mass is 241 g/mol. The molecule has 2 aromatic carbocycles. The molecule has 0 saturated heterocycles. The van der Waals surface area contributed by atoms with Gasteiger partial charge in [0, 0.05) is 5.39 Å². The van der Waals surface area contributed by atoms with Crippen LogP contribution >= 0.6 is 0 Å². The van der Waals surface area contributed by atoms with Gasteiger partial charge >= 0.3 is 0 Å². The highest BCUT2D eigenvalue weighted by Crippen LogP contribution is 2.26. The summed E-state index contributed by atoms with van der Waals surface area (Å²) < 4.78 is 18.6. The van der Waals surface area contributed by atoms with Gasteiger partial charge < -0.3 is 10.2 Å². The highest BCUT2D eigenvalue weighted by molar-refractivity contribution is 5.77. The maximum absolute atomic E-state index is 12.9. The number of halogens is 1. The van der Waals surface area contributed by atoms with Crippen LogP contribution in [0, 0.1) is 5.82 Å². The molecule has 0 unspecified atom stereocenters. The molecule has 0 spiro atoms. The minimum absolute atomic E-state index is 0.268. The summed E-state index contributed by atoms with van der Waals surface area (Å²) in [4.78, 5) is 0. The normalized spacial score (nSPS) is 12.8. The van der Waals surface area contributed by atoms with E-state index in [9.17, 15) is 4.39 Å². The van der Waals surface area contributed by atoms with Crippen molar-refractivity contribution in [3.63, 3.8) is 0 Å². The van der Waals surface area contributed by atoms with E-state index < -0.39 is 0 Å². The molecule has 3 heteroatoms. The fraction of sp³-hybridized carbons (Fsp3) is 0.0667. The van der Waals surface area contributed by atoms with Crippen molar-refractivity contribution >= 4 is 11.0 Å². The van der Waals surface area contributed by atoms with E-state index in [1.165, 1.54) is 12.1 Å². The number of fused-ring (bicyclic) bond motifs is 1. The Hall–Kier alpha value is -2.13. The van der Waals surface area contributed by atoms with Crippen LogP contribution in [-0.4, -0.2) is 0 Å². The lowest BCUT2D eigenvalue weighted by atomic mass is 10.1. The van der Waals surface area contributed by atoms with E-state index in [1.54, 1.807) is 12.1 Å². The lowest BCUT2D eigenvalue weighted by molar-refractivity contribution is 0.524. The van der Waals surface area contributed by atoms with E-state index in [1.807, 2.05) is 30.3 Å². The third-order valence-electron chi connectivity index (χ3n) is 2.98. The quantitative estimate of drug-likeness (QED) is 0.744. The van der Waals surface area contributed by atoms with Crippen LogP contribution in [0.1, 0.15) is 17.4 Å². The zero-order chi connectivity index (χ0) is 12.5. The predicted molar refractivity (Wildman–Crippen MR) is 68.6 cm³/mol. The lowest BCUT2D eigenvalue weighted by Gasteiger charge is -2.08. The average molecular weight is 241 g/mol. The molecule has 0 amide bonds. The molecular weight excluding hydrogens is 229 g/mol. The fourth-order valence-electron chi connectivity index (χ4n) is 1.99. The van der Waals surface area contributed by atoms with Gasteiger partial charge in [-0.05, 0) is 29.8 Å². The zero-order valence-electron chi connectivity index (χ0n) is 9.64. The van der Waals surface area contributed by atoms with Gasteiger partial charge in [-0.3, -0.25) is 0 Å². The summed E-state index contributed by atoms with van der Waals surface area (Å²) in [5, 5.41) is 1.02. The molecule has 2 N–H and O–H groups in total. The molecule has 18 heavy (non-hydrogen) atoms. The van der Waals surface area contributed by atoms with Crippen molar-refractivity contribution in [1.82, 2.24) is 0 Å². The third kappa shape index (κ3) is 1.89. The largest absolute Gasteiger partial charge is 0.459 e. The van der Waals surface area contributed by atoms with Crippen LogP contribution in [-0.2, 0) is 0 Å². The first kappa shape index (κ1) is 11.0. The standard InChI is InChI=1S/C15H12FNO/c16-12-7-5-10(6-8-12)15(17)14-9-11-3-1-2-4-13(11)18-14/h1-9,15H,17H2/t15-/m1/s1. The summed E-state index contributed by atoms with van der Waals surface area (Å²) in [6.45, 7) is 0. The summed E-state index contributed by atoms with van der Waals surface area (Å²) >= 11 is 0. The third-order valence-corrected chi connectivity index (χ3v) is 2.98. The Labute approximate surface area is 104 Å². The van der Waals surface area contributed by atoms with Crippen LogP contribution in [0.2, 0.25) is 0 Å². The molecule has 2 nitrogen and oxygen atoms in total. The number of para-hydroxylation sites is 1. The van der Waals surface area contributed by atoms with Crippen molar-refractivity contribution in [2.45, 2.75) is 6.04 Å². The van der Waals surface area contributed by atoms with E-state index in [4.69, 9.17) is 10.2 Å². The van der Waals surface area contributed by atoms with Gasteiger partial charge in [-0.2, -0.15) is 0 Å². The van der Waals surface area contributed by atoms with Gasteiger partial charge in [0.1, 0.15) is 17.2 Å². The van der Waals surface area contributed by atoms with Crippen molar-refractivity contribution in [2.75, 3.05) is 0 Å². The first-order chi connectivity index (χ1) is 8.74. The van der Waals surface area contributed by atoms with Crippen molar-refractivity contribution in [2.24, 2.45) is 5.73 Å². The van der Waals surface area contributed by atoms with E-state index in [2.05, 4.69) is 0 Å². The van der Waals surface area contributed by atoms with E-state index in [-0.39, 0.29) is 11.9 Å². The molecule has 0 bridgehead atoms. The predicted octanol–water partition coefficient (Wildman–Crippen LogP) is 3.62. The number of nitrogens with two attached hydrogens (primary N) is 1. The molecule has 3 rings (SSSR count). The molecule has 0 fully saturated rings. The maximum atomic E-state index is 12.9. The highest BCUT2D eigenvalue weighted by Gasteiger charge is 2.13. The lowest BCUT2D eigenvalue weighted by Crippen LogP contribution is -2.10. The Balaban J connectivity index is 2.00. The molecule has 1 atom stereocenters. The second-order valence-corrected chi connectivity index (χ2v) is 4.22. The number of benzene rings is 2. The summed E-state index contributed by atoms with van der Waals surface area (Å²) in [6, 6.07) is 15.4. The Bertz CT molecular complexity index is 639. The molecule has 0 aliphatic heterocycles. The van der Waals surface area contributed by atoms with Crippen LogP contribution < -0.4 is 5.73 Å². The molecule has 0 saturated carbocycles. The molecular formula is C15H12FNO. The SMILES string of the molecule is N[C@H](c1ccc(F)cc1)c1cc2ccccc2o1. The minimum Gasteiger partial charge on any atom is -0.459 e. The molecule has 90 valence electrons. The molecule has 0 aliphatic rings. The summed E-state index contributed by atoms with van der Waals surface area (Å²) in [7, 11) is 0. The molecule has 0 radical (unpaired) electrons. The van der Waals surface area contributed by atoms with Gasteiger partial charge in [-0.15, -0.1) is 0 Å². The molecule has 1 heterocycles. The summed E-state index contributed by atoms with van der Waals surface area (Å²) in [5.74, 6) is 0.415. The molecule has 0 aliphatic carbocycles. The number of rotatable bonds is 2. The fourth-order valence-corrected chi connectivity index (χ4v) is 1.99. The van der Waals surface area contributed by atoms with Gasteiger partial charge in [0.2, 0.25) is 0 Å². The number of furan rings is 1. The van der Waals surface area contributed by atoms with Gasteiger partial charge in [-0.25, -0.2) is 4.39 Å². The molecule has 1 aromatic heterocycles. The van der Waals surface area contributed by atoms with Crippen LogP contribution in [0.5, 0.6) is 0 Å². The smallest absolute Gasteiger partial charge is 0.134 e. The van der Waals surface area contributed by atoms with Crippen molar-refractivity contribution in [1.29, 1.82) is 0 Å². The van der Waals surface area contributed by atoms with Crippen molar-refractivity contribution in [3.8, 4) is 0 Å². The number of hydrogen-bond donors (Lipinski definition) is 1. The number of hydrogen-bond acceptors (Lipinski definition) is 2. The first-order valence-electron chi connectivity index (χ1n) is 5.73. The topological polar surface area (TPSA) is 39.2 Å². The van der Waals surface area contributed by atoms with Crippen LogP contribution in [0.4, 0.5) is 4.39 Å². The van der Waals surface area contributed by atoms with Gasteiger partial charge in [0.15, 0.2) is 0 Å². The summed E-state index contributed by atoms with van der Waals surface area (Å²) in [5.41, 5.74) is 7.75. The van der Waals surface area contributed by atoms with Crippen LogP contribution in [0.25, 0.3) is 11.0 Å². The molecule has 3 aromatic rings. The second-order valence-electron chi connectivity index (χ2n) is 4.22. The van der Waals surface area contributed by atoms with Crippen LogP contribution in [0.3, 0.4) is 0 Å². The first-order valence-corrected chi connectivity index (χ1v) is 5.73. The van der Waals surface area contributed by atoms with Gasteiger partial charge in [-0.1, -0.05) is 30.3 Å². The minimum atomic E-state index is -0.377. The zero-order valence-corrected chi connectivity index (χ0v) is 9.64. The Morgan fingerprint density at radius 1 is 1.00 bits per heavy atom. The van der Waals surface area contributed by atoms with E-state index >= 15 is 0 Å². The van der Waals surface area contributed by atoms with Crippen molar-refractivity contribution < 1.29 is 8.81 Å². The van der Waals surface area contributed by atoms with Gasteiger partial charge in [0.25, 0.3) is 0 Å². The average Bonchev–Trinajstić information content (AvgIpc) is 2.82. The second kappa shape index (κ2) is 4.27. The Morgan fingerprint density at radius 3 is 2.44 bits per heavy atom. The highest BCUT2D eigenvalue weighted by atomic mass is 19.1. The summed E-state index contributed by atoms with van der Waals surface area (Å²) in [6.07, 6.45) is 0. The van der Waals surface area contributed by atoms with E-state index in [0.29, 0.717) is 5.76 Å².